The maximum Gasteiger partial charge on any atom is 0.124 e. The number of hydrogen-bond acceptors (Lipinski definition) is 3. The monoisotopic (exact) mass is 350 g/mol. The summed E-state index contributed by atoms with van der Waals surface area (Å²) in [4.78, 5) is 5.20. The molecule has 3 aromatic rings. The first-order valence-corrected chi connectivity index (χ1v) is 7.77. The summed E-state index contributed by atoms with van der Waals surface area (Å²) in [6.45, 7) is 0. The third kappa shape index (κ3) is 2.90. The molecule has 0 fully saturated rings. The molecule has 0 saturated heterocycles. The summed E-state index contributed by atoms with van der Waals surface area (Å²) in [6, 6.07) is 8.76. The molecule has 3 rings (SSSR count). The van der Waals surface area contributed by atoms with Gasteiger partial charge in [-0.3, -0.25) is 4.98 Å². The summed E-state index contributed by atoms with van der Waals surface area (Å²) in [7, 11) is 0. The normalized spacial score (nSPS) is 12.8. The van der Waals surface area contributed by atoms with Gasteiger partial charge in [-0.05, 0) is 57.6 Å². The zero-order valence-electron chi connectivity index (χ0n) is 10.5. The van der Waals surface area contributed by atoms with Gasteiger partial charge in [0.1, 0.15) is 5.82 Å². The SMILES string of the molecule is NC(Cc1cncc(Br)c1)c1cc2ccc(F)cc2s1. The van der Waals surface area contributed by atoms with Gasteiger partial charge in [-0.1, -0.05) is 6.07 Å². The van der Waals surface area contributed by atoms with Crippen molar-refractivity contribution in [3.8, 4) is 0 Å². The summed E-state index contributed by atoms with van der Waals surface area (Å²) >= 11 is 4.95. The number of fused-ring (bicyclic) bond motifs is 1. The highest BCUT2D eigenvalue weighted by atomic mass is 79.9. The first-order chi connectivity index (χ1) is 9.61. The van der Waals surface area contributed by atoms with E-state index in [-0.39, 0.29) is 11.9 Å². The number of halogens is 2. The average Bonchev–Trinajstić information content (AvgIpc) is 2.81. The summed E-state index contributed by atoms with van der Waals surface area (Å²) in [5, 5.41) is 1.04. The van der Waals surface area contributed by atoms with Crippen molar-refractivity contribution in [2.45, 2.75) is 12.5 Å². The van der Waals surface area contributed by atoms with Crippen molar-refractivity contribution < 1.29 is 4.39 Å². The maximum absolute atomic E-state index is 13.2. The van der Waals surface area contributed by atoms with Crippen molar-refractivity contribution in [2.75, 3.05) is 0 Å². The molecule has 0 radical (unpaired) electrons. The maximum atomic E-state index is 13.2. The summed E-state index contributed by atoms with van der Waals surface area (Å²) in [5.74, 6) is -0.212. The van der Waals surface area contributed by atoms with Gasteiger partial charge in [0.15, 0.2) is 0 Å². The van der Waals surface area contributed by atoms with Gasteiger partial charge in [0.05, 0.1) is 0 Å². The molecule has 2 heterocycles. The quantitative estimate of drug-likeness (QED) is 0.758. The Morgan fingerprint density at radius 1 is 1.25 bits per heavy atom. The standard InChI is InChI=1S/C15H12BrFN2S/c16-11-3-9(7-19-8-11)4-13(18)15-5-10-1-2-12(17)6-14(10)20-15/h1-3,5-8,13H,4,18H2. The number of pyridine rings is 1. The molecule has 0 aliphatic heterocycles. The fourth-order valence-corrected chi connectivity index (χ4v) is 3.63. The van der Waals surface area contributed by atoms with E-state index in [9.17, 15) is 4.39 Å². The van der Waals surface area contributed by atoms with E-state index in [1.807, 2.05) is 18.3 Å². The van der Waals surface area contributed by atoms with Crippen molar-refractivity contribution in [1.82, 2.24) is 4.98 Å². The van der Waals surface area contributed by atoms with Crippen LogP contribution in [-0.2, 0) is 6.42 Å². The predicted molar refractivity (Wildman–Crippen MR) is 84.4 cm³/mol. The van der Waals surface area contributed by atoms with E-state index in [4.69, 9.17) is 5.73 Å². The number of thiophene rings is 1. The molecule has 1 atom stereocenters. The van der Waals surface area contributed by atoms with Crippen LogP contribution in [0.15, 0.2) is 47.2 Å². The van der Waals surface area contributed by atoms with Crippen LogP contribution in [0.2, 0.25) is 0 Å². The Morgan fingerprint density at radius 3 is 2.90 bits per heavy atom. The molecular formula is C15H12BrFN2S. The molecule has 2 aromatic heterocycles. The zero-order valence-corrected chi connectivity index (χ0v) is 12.9. The Balaban J connectivity index is 1.86. The molecule has 20 heavy (non-hydrogen) atoms. The third-order valence-electron chi connectivity index (χ3n) is 3.08. The smallest absolute Gasteiger partial charge is 0.124 e. The van der Waals surface area contributed by atoms with Crippen LogP contribution in [0.25, 0.3) is 10.1 Å². The molecule has 0 aliphatic carbocycles. The van der Waals surface area contributed by atoms with Crippen LogP contribution in [0, 0.1) is 5.82 Å². The van der Waals surface area contributed by atoms with Crippen molar-refractivity contribution in [1.29, 1.82) is 0 Å². The average molecular weight is 351 g/mol. The van der Waals surface area contributed by atoms with Crippen LogP contribution in [0.5, 0.6) is 0 Å². The van der Waals surface area contributed by atoms with Crippen molar-refractivity contribution in [3.63, 3.8) is 0 Å². The Hall–Kier alpha value is -1.30. The van der Waals surface area contributed by atoms with E-state index in [0.717, 1.165) is 25.0 Å². The molecule has 0 amide bonds. The number of nitrogens with two attached hydrogens (primary N) is 1. The number of hydrogen-bond donors (Lipinski definition) is 1. The van der Waals surface area contributed by atoms with E-state index in [1.54, 1.807) is 29.7 Å². The lowest BCUT2D eigenvalue weighted by atomic mass is 10.1. The zero-order chi connectivity index (χ0) is 14.1. The van der Waals surface area contributed by atoms with E-state index in [2.05, 4.69) is 20.9 Å². The van der Waals surface area contributed by atoms with Gasteiger partial charge in [-0.15, -0.1) is 11.3 Å². The van der Waals surface area contributed by atoms with Gasteiger partial charge in [-0.2, -0.15) is 0 Å². The van der Waals surface area contributed by atoms with Gasteiger partial charge in [0, 0.05) is 32.5 Å². The van der Waals surface area contributed by atoms with Crippen LogP contribution in [0.3, 0.4) is 0 Å². The van der Waals surface area contributed by atoms with Crippen LogP contribution in [0.4, 0.5) is 4.39 Å². The molecule has 0 bridgehead atoms. The molecule has 102 valence electrons. The van der Waals surface area contributed by atoms with Crippen LogP contribution in [-0.4, -0.2) is 4.98 Å². The number of aromatic nitrogens is 1. The van der Waals surface area contributed by atoms with Gasteiger partial charge in [0.25, 0.3) is 0 Å². The predicted octanol–water partition coefficient (Wildman–Crippen LogP) is 4.44. The first-order valence-electron chi connectivity index (χ1n) is 6.16. The Kier molecular flexibility index (Phi) is 3.83. The molecule has 0 aliphatic rings. The first kappa shape index (κ1) is 13.7. The third-order valence-corrected chi connectivity index (χ3v) is 4.75. The molecule has 2 N–H and O–H groups in total. The lowest BCUT2D eigenvalue weighted by molar-refractivity contribution is 0.630. The van der Waals surface area contributed by atoms with Crippen molar-refractivity contribution in [2.24, 2.45) is 5.73 Å². The highest BCUT2D eigenvalue weighted by Gasteiger charge is 2.12. The highest BCUT2D eigenvalue weighted by Crippen LogP contribution is 2.31. The topological polar surface area (TPSA) is 38.9 Å². The second kappa shape index (κ2) is 5.60. The van der Waals surface area contributed by atoms with Crippen molar-refractivity contribution >= 4 is 37.4 Å². The van der Waals surface area contributed by atoms with Gasteiger partial charge < -0.3 is 5.73 Å². The van der Waals surface area contributed by atoms with Crippen LogP contribution in [0.1, 0.15) is 16.5 Å². The Labute approximate surface area is 128 Å². The second-order valence-corrected chi connectivity index (χ2v) is 6.68. The molecule has 0 spiro atoms. The molecule has 2 nitrogen and oxygen atoms in total. The Bertz CT molecular complexity index is 756. The van der Waals surface area contributed by atoms with Crippen molar-refractivity contribution in [3.05, 3.63) is 63.5 Å². The Morgan fingerprint density at radius 2 is 2.10 bits per heavy atom. The lowest BCUT2D eigenvalue weighted by Crippen LogP contribution is -2.11. The molecule has 1 unspecified atom stereocenters. The van der Waals surface area contributed by atoms with E-state index in [0.29, 0.717) is 6.42 Å². The fraction of sp³-hybridized carbons (Fsp3) is 0.133. The highest BCUT2D eigenvalue weighted by molar-refractivity contribution is 9.10. The summed E-state index contributed by atoms with van der Waals surface area (Å²) in [6.07, 6.45) is 4.27. The van der Waals surface area contributed by atoms with E-state index in [1.165, 1.54) is 6.07 Å². The van der Waals surface area contributed by atoms with E-state index >= 15 is 0 Å². The minimum Gasteiger partial charge on any atom is -0.323 e. The van der Waals surface area contributed by atoms with Crippen LogP contribution < -0.4 is 5.73 Å². The van der Waals surface area contributed by atoms with Crippen LogP contribution >= 0.6 is 27.3 Å². The number of nitrogens with zero attached hydrogens (tertiary/aromatic N) is 1. The second-order valence-electron chi connectivity index (χ2n) is 4.65. The molecule has 0 saturated carbocycles. The molecule has 1 aromatic carbocycles. The lowest BCUT2D eigenvalue weighted by Gasteiger charge is -2.09. The largest absolute Gasteiger partial charge is 0.323 e. The van der Waals surface area contributed by atoms with Gasteiger partial charge in [0.2, 0.25) is 0 Å². The number of benzene rings is 1. The fourth-order valence-electron chi connectivity index (χ4n) is 2.13. The minimum absolute atomic E-state index is 0.105. The molecular weight excluding hydrogens is 339 g/mol. The number of rotatable bonds is 3. The summed E-state index contributed by atoms with van der Waals surface area (Å²) < 4.78 is 15.1. The molecule has 5 heteroatoms. The summed E-state index contributed by atoms with van der Waals surface area (Å²) in [5.41, 5.74) is 7.33. The minimum atomic E-state index is -0.212. The van der Waals surface area contributed by atoms with Gasteiger partial charge in [-0.25, -0.2) is 4.39 Å². The van der Waals surface area contributed by atoms with Gasteiger partial charge >= 0.3 is 0 Å². The van der Waals surface area contributed by atoms with E-state index < -0.39 is 0 Å².